The Morgan fingerprint density at radius 3 is 2.61 bits per heavy atom. The molecule has 0 N–H and O–H groups in total. The van der Waals surface area contributed by atoms with Crippen LogP contribution in [-0.2, 0) is 21.8 Å². The van der Waals surface area contributed by atoms with Gasteiger partial charge in [-0.05, 0) is 25.0 Å². The van der Waals surface area contributed by atoms with Gasteiger partial charge in [-0.3, -0.25) is 9.48 Å². The Morgan fingerprint density at radius 1 is 1.18 bits per heavy atom. The van der Waals surface area contributed by atoms with Gasteiger partial charge >= 0.3 is 0 Å². The second-order valence-electron chi connectivity index (χ2n) is 7.17. The van der Waals surface area contributed by atoms with E-state index in [1.807, 2.05) is 29.1 Å². The fraction of sp³-hybridized carbons (Fsp3) is 0.556. The standard InChI is InChI=1S/C18H25N5O4S/c1-20-17(21-6-2-3-7-21)16(13-19-20)18(24)22-8-4-5-15(14-22)28(25,26)23-9-11-27-12-10-23/h2-3,6-7,13,15H,4-5,8-12,14H2,1H3. The van der Waals surface area contributed by atoms with Gasteiger partial charge < -0.3 is 14.2 Å². The van der Waals surface area contributed by atoms with Gasteiger partial charge in [0, 0.05) is 45.6 Å². The third-order valence-corrected chi connectivity index (χ3v) is 7.72. The Bertz CT molecular complexity index is 931. The number of carbonyl (C=O) groups is 1. The van der Waals surface area contributed by atoms with Crippen LogP contribution in [0.2, 0.25) is 0 Å². The number of hydrogen-bond acceptors (Lipinski definition) is 5. The van der Waals surface area contributed by atoms with Crippen molar-refractivity contribution in [1.82, 2.24) is 23.6 Å². The van der Waals surface area contributed by atoms with E-state index in [0.29, 0.717) is 57.1 Å². The van der Waals surface area contributed by atoms with Crippen LogP contribution in [0.3, 0.4) is 0 Å². The number of hydrogen-bond donors (Lipinski definition) is 0. The van der Waals surface area contributed by atoms with E-state index < -0.39 is 15.3 Å². The first-order valence-corrected chi connectivity index (χ1v) is 11.0. The van der Waals surface area contributed by atoms with Gasteiger partial charge in [0.1, 0.15) is 11.4 Å². The third kappa shape index (κ3) is 3.47. The molecule has 4 heterocycles. The van der Waals surface area contributed by atoms with Crippen LogP contribution in [0, 0.1) is 0 Å². The second-order valence-corrected chi connectivity index (χ2v) is 9.38. The molecule has 1 unspecified atom stereocenters. The summed E-state index contributed by atoms with van der Waals surface area (Å²) in [7, 11) is -1.66. The van der Waals surface area contributed by atoms with E-state index in [-0.39, 0.29) is 12.5 Å². The number of rotatable bonds is 4. The summed E-state index contributed by atoms with van der Waals surface area (Å²) >= 11 is 0. The SMILES string of the molecule is Cn1ncc(C(=O)N2CCCC(S(=O)(=O)N3CCOCC3)C2)c1-n1cccc1. The number of morpholine rings is 1. The van der Waals surface area contributed by atoms with E-state index in [1.54, 1.807) is 22.8 Å². The molecule has 2 aliphatic rings. The van der Waals surface area contributed by atoms with Crippen molar-refractivity contribution in [1.29, 1.82) is 0 Å². The van der Waals surface area contributed by atoms with E-state index in [2.05, 4.69) is 5.10 Å². The van der Waals surface area contributed by atoms with Crippen molar-refractivity contribution in [2.75, 3.05) is 39.4 Å². The van der Waals surface area contributed by atoms with Crippen LogP contribution in [0.25, 0.3) is 5.82 Å². The van der Waals surface area contributed by atoms with Gasteiger partial charge in [-0.25, -0.2) is 8.42 Å². The number of amides is 1. The number of carbonyl (C=O) groups excluding carboxylic acids is 1. The van der Waals surface area contributed by atoms with Crippen LogP contribution in [0.4, 0.5) is 0 Å². The second kappa shape index (κ2) is 7.69. The summed E-state index contributed by atoms with van der Waals surface area (Å²) < 4.78 is 36.3. The van der Waals surface area contributed by atoms with Crippen molar-refractivity contribution in [2.24, 2.45) is 7.05 Å². The van der Waals surface area contributed by atoms with Gasteiger partial charge in [-0.15, -0.1) is 0 Å². The lowest BCUT2D eigenvalue weighted by atomic mass is 10.1. The maximum atomic E-state index is 13.2. The van der Waals surface area contributed by atoms with Crippen molar-refractivity contribution in [3.8, 4) is 5.82 Å². The molecule has 1 amide bonds. The van der Waals surface area contributed by atoms with Crippen molar-refractivity contribution < 1.29 is 17.9 Å². The van der Waals surface area contributed by atoms with E-state index in [9.17, 15) is 13.2 Å². The molecule has 2 aliphatic heterocycles. The van der Waals surface area contributed by atoms with Crippen molar-refractivity contribution in [2.45, 2.75) is 18.1 Å². The molecule has 152 valence electrons. The van der Waals surface area contributed by atoms with E-state index >= 15 is 0 Å². The molecule has 1 atom stereocenters. The quantitative estimate of drug-likeness (QED) is 0.735. The first kappa shape index (κ1) is 19.2. The molecular weight excluding hydrogens is 382 g/mol. The zero-order valence-corrected chi connectivity index (χ0v) is 16.7. The van der Waals surface area contributed by atoms with Gasteiger partial charge in [0.15, 0.2) is 0 Å². The minimum atomic E-state index is -3.45. The molecule has 0 aliphatic carbocycles. The highest BCUT2D eigenvalue weighted by Gasteiger charge is 2.38. The summed E-state index contributed by atoms with van der Waals surface area (Å²) in [6, 6.07) is 3.76. The highest BCUT2D eigenvalue weighted by Crippen LogP contribution is 2.24. The molecule has 2 aromatic heterocycles. The van der Waals surface area contributed by atoms with E-state index in [1.165, 1.54) is 4.31 Å². The molecule has 2 saturated heterocycles. The lowest BCUT2D eigenvalue weighted by molar-refractivity contribution is 0.0686. The molecule has 28 heavy (non-hydrogen) atoms. The third-order valence-electron chi connectivity index (χ3n) is 5.40. The summed E-state index contributed by atoms with van der Waals surface area (Å²) in [4.78, 5) is 14.9. The highest BCUT2D eigenvalue weighted by molar-refractivity contribution is 7.89. The minimum Gasteiger partial charge on any atom is -0.379 e. The van der Waals surface area contributed by atoms with Crippen LogP contribution in [-0.4, -0.2) is 82.5 Å². The molecule has 4 rings (SSSR count). The summed E-state index contributed by atoms with van der Waals surface area (Å²) in [5.74, 6) is 0.492. The van der Waals surface area contributed by atoms with Crippen LogP contribution in [0.15, 0.2) is 30.7 Å². The topological polar surface area (TPSA) is 89.7 Å². The average Bonchev–Trinajstić information content (AvgIpc) is 3.37. The van der Waals surface area contributed by atoms with E-state index in [4.69, 9.17) is 4.74 Å². The Morgan fingerprint density at radius 2 is 1.89 bits per heavy atom. The predicted molar refractivity (Wildman–Crippen MR) is 103 cm³/mol. The van der Waals surface area contributed by atoms with Crippen molar-refractivity contribution >= 4 is 15.9 Å². The molecule has 0 saturated carbocycles. The lowest BCUT2D eigenvalue weighted by Crippen LogP contribution is -2.51. The van der Waals surface area contributed by atoms with Gasteiger partial charge in [0.25, 0.3) is 5.91 Å². The fourth-order valence-corrected chi connectivity index (χ4v) is 5.82. The maximum Gasteiger partial charge on any atom is 0.259 e. The Kier molecular flexibility index (Phi) is 5.26. The Labute approximate surface area is 164 Å². The van der Waals surface area contributed by atoms with Gasteiger partial charge in [0.2, 0.25) is 10.0 Å². The van der Waals surface area contributed by atoms with Crippen molar-refractivity contribution in [3.05, 3.63) is 36.3 Å². The molecule has 0 spiro atoms. The Hall–Kier alpha value is -2.17. The van der Waals surface area contributed by atoms with Crippen LogP contribution in [0.1, 0.15) is 23.2 Å². The highest BCUT2D eigenvalue weighted by atomic mass is 32.2. The van der Waals surface area contributed by atoms with Crippen LogP contribution >= 0.6 is 0 Å². The van der Waals surface area contributed by atoms with Crippen LogP contribution < -0.4 is 0 Å². The predicted octanol–water partition coefficient (Wildman–Crippen LogP) is 0.477. The monoisotopic (exact) mass is 407 g/mol. The maximum absolute atomic E-state index is 13.2. The van der Waals surface area contributed by atoms with E-state index in [0.717, 1.165) is 0 Å². The number of ether oxygens (including phenoxy) is 1. The minimum absolute atomic E-state index is 0.182. The number of piperidine rings is 1. The smallest absolute Gasteiger partial charge is 0.259 e. The van der Waals surface area contributed by atoms with Crippen molar-refractivity contribution in [3.63, 3.8) is 0 Å². The molecule has 9 nitrogen and oxygen atoms in total. The summed E-state index contributed by atoms with van der Waals surface area (Å²) in [5.41, 5.74) is 0.475. The number of sulfonamides is 1. The zero-order chi connectivity index (χ0) is 19.7. The fourth-order valence-electron chi connectivity index (χ4n) is 3.91. The Balaban J connectivity index is 1.55. The molecule has 0 radical (unpaired) electrons. The molecule has 10 heteroatoms. The number of likely N-dealkylation sites (tertiary alicyclic amines) is 1. The van der Waals surface area contributed by atoms with Crippen LogP contribution in [0.5, 0.6) is 0 Å². The number of aryl methyl sites for hydroxylation is 1. The number of nitrogens with zero attached hydrogens (tertiary/aromatic N) is 5. The van der Waals surface area contributed by atoms with Gasteiger partial charge in [0.05, 0.1) is 24.7 Å². The summed E-state index contributed by atoms with van der Waals surface area (Å²) in [6.45, 7) is 2.36. The summed E-state index contributed by atoms with van der Waals surface area (Å²) in [6.07, 6.45) is 6.50. The molecule has 0 aromatic carbocycles. The first-order chi connectivity index (χ1) is 13.5. The number of aromatic nitrogens is 3. The summed E-state index contributed by atoms with van der Waals surface area (Å²) in [5, 5.41) is 3.66. The lowest BCUT2D eigenvalue weighted by Gasteiger charge is -2.36. The first-order valence-electron chi connectivity index (χ1n) is 9.50. The van der Waals surface area contributed by atoms with Gasteiger partial charge in [-0.1, -0.05) is 0 Å². The molecule has 2 fully saturated rings. The molecule has 2 aromatic rings. The van der Waals surface area contributed by atoms with Gasteiger partial charge in [-0.2, -0.15) is 9.40 Å². The average molecular weight is 407 g/mol. The molecular formula is C18H25N5O4S. The zero-order valence-electron chi connectivity index (χ0n) is 15.9. The normalized spacial score (nSPS) is 21.8. The molecule has 0 bridgehead atoms. The largest absolute Gasteiger partial charge is 0.379 e.